The number of pyridine rings is 1. The van der Waals surface area contributed by atoms with Crippen molar-refractivity contribution < 1.29 is 0 Å². The van der Waals surface area contributed by atoms with Gasteiger partial charge in [0.1, 0.15) is 0 Å². The van der Waals surface area contributed by atoms with Crippen LogP contribution in [0, 0.1) is 0 Å². The van der Waals surface area contributed by atoms with Gasteiger partial charge in [0, 0.05) is 11.1 Å². The molecule has 0 amide bonds. The fourth-order valence-electron chi connectivity index (χ4n) is 1.42. The van der Waals surface area contributed by atoms with Crippen molar-refractivity contribution >= 4 is 45.7 Å². The van der Waals surface area contributed by atoms with Crippen LogP contribution in [-0.4, -0.2) is 4.98 Å². The van der Waals surface area contributed by atoms with E-state index in [-0.39, 0.29) is 0 Å². The molecule has 0 bridgehead atoms. The molecule has 2 aromatic rings. The van der Waals surface area contributed by atoms with Gasteiger partial charge >= 0.3 is 0 Å². The molecule has 0 spiro atoms. The van der Waals surface area contributed by atoms with Crippen molar-refractivity contribution in [2.24, 2.45) is 0 Å². The van der Waals surface area contributed by atoms with Crippen LogP contribution in [0.2, 0.25) is 15.1 Å². The lowest BCUT2D eigenvalue weighted by atomic mass is 10.2. The molecule has 1 aromatic heterocycles. The molecule has 0 fully saturated rings. The van der Waals surface area contributed by atoms with Crippen molar-refractivity contribution in [3.63, 3.8) is 0 Å². The van der Waals surface area contributed by atoms with Crippen molar-refractivity contribution in [1.29, 1.82) is 0 Å². The monoisotopic (exact) mass is 259 g/mol. The number of benzene rings is 1. The van der Waals surface area contributed by atoms with E-state index in [9.17, 15) is 0 Å². The summed E-state index contributed by atoms with van der Waals surface area (Å²) in [6.45, 7) is 2.02. The van der Waals surface area contributed by atoms with E-state index in [1.165, 1.54) is 0 Å². The summed E-state index contributed by atoms with van der Waals surface area (Å²) in [7, 11) is 0. The molecule has 2 rings (SSSR count). The molecule has 0 saturated heterocycles. The smallest absolute Gasteiger partial charge is 0.0921 e. The first-order chi connectivity index (χ1) is 7.13. The average Bonchev–Trinajstić information content (AvgIpc) is 2.23. The highest BCUT2D eigenvalue weighted by Crippen LogP contribution is 2.33. The Labute approximate surface area is 103 Å². The summed E-state index contributed by atoms with van der Waals surface area (Å²) in [5.74, 6) is 0. The van der Waals surface area contributed by atoms with Crippen LogP contribution in [0.1, 0.15) is 12.6 Å². The summed E-state index contributed by atoms with van der Waals surface area (Å²) in [5, 5.41) is 2.46. The summed E-state index contributed by atoms with van der Waals surface area (Å²) in [6.07, 6.45) is 0.818. The molecule has 0 aliphatic rings. The fourth-order valence-corrected chi connectivity index (χ4v) is 2.06. The van der Waals surface area contributed by atoms with Crippen molar-refractivity contribution in [3.05, 3.63) is 39.0 Å². The average molecular weight is 261 g/mol. The molecule has 0 atom stereocenters. The molecular formula is C11H8Cl3N. The van der Waals surface area contributed by atoms with E-state index < -0.39 is 0 Å². The zero-order valence-electron chi connectivity index (χ0n) is 8.02. The second-order valence-corrected chi connectivity index (χ2v) is 4.40. The zero-order chi connectivity index (χ0) is 11.0. The molecule has 0 aliphatic carbocycles. The van der Waals surface area contributed by atoms with Crippen molar-refractivity contribution in [2.75, 3.05) is 0 Å². The predicted octanol–water partition coefficient (Wildman–Crippen LogP) is 4.76. The van der Waals surface area contributed by atoms with Gasteiger partial charge in [-0.1, -0.05) is 41.7 Å². The molecular weight excluding hydrogens is 252 g/mol. The summed E-state index contributed by atoms with van der Waals surface area (Å²) >= 11 is 18.1. The van der Waals surface area contributed by atoms with Gasteiger partial charge < -0.3 is 0 Å². The van der Waals surface area contributed by atoms with Gasteiger partial charge in [0.05, 0.1) is 20.6 Å². The highest BCUT2D eigenvalue weighted by molar-refractivity contribution is 6.46. The molecule has 0 aliphatic heterocycles. The third-order valence-corrected chi connectivity index (χ3v) is 3.34. The number of aryl methyl sites for hydroxylation is 1. The predicted molar refractivity (Wildman–Crippen MR) is 66.2 cm³/mol. The lowest BCUT2D eigenvalue weighted by Crippen LogP contribution is -1.90. The standard InChI is InChI=1S/C11H8Cl3N/c1-2-6-5-9(13)7-3-4-8(12)10(14)11(7)15-6/h3-5H,2H2,1H3. The zero-order valence-corrected chi connectivity index (χ0v) is 10.3. The van der Waals surface area contributed by atoms with E-state index in [1.54, 1.807) is 6.07 Å². The van der Waals surface area contributed by atoms with Crippen LogP contribution in [0.5, 0.6) is 0 Å². The van der Waals surface area contributed by atoms with E-state index in [0.29, 0.717) is 20.6 Å². The molecule has 0 saturated carbocycles. The van der Waals surface area contributed by atoms with Crippen LogP contribution >= 0.6 is 34.8 Å². The van der Waals surface area contributed by atoms with Gasteiger partial charge in [-0.25, -0.2) is 0 Å². The van der Waals surface area contributed by atoms with E-state index in [0.717, 1.165) is 17.5 Å². The van der Waals surface area contributed by atoms with Crippen molar-refractivity contribution in [3.8, 4) is 0 Å². The Hall–Kier alpha value is -0.500. The van der Waals surface area contributed by atoms with Gasteiger partial charge in [-0.15, -0.1) is 0 Å². The summed E-state index contributed by atoms with van der Waals surface area (Å²) in [4.78, 5) is 4.41. The van der Waals surface area contributed by atoms with Crippen LogP contribution in [0.15, 0.2) is 18.2 Å². The van der Waals surface area contributed by atoms with Gasteiger partial charge in [-0.05, 0) is 24.6 Å². The number of hydrogen-bond acceptors (Lipinski definition) is 1. The molecule has 1 aromatic carbocycles. The first-order valence-corrected chi connectivity index (χ1v) is 5.70. The molecule has 0 N–H and O–H groups in total. The Morgan fingerprint density at radius 3 is 2.53 bits per heavy atom. The van der Waals surface area contributed by atoms with E-state index in [1.807, 2.05) is 19.1 Å². The minimum Gasteiger partial charge on any atom is -0.251 e. The van der Waals surface area contributed by atoms with Crippen LogP contribution in [0.25, 0.3) is 10.9 Å². The molecule has 0 unspecified atom stereocenters. The molecule has 1 nitrogen and oxygen atoms in total. The van der Waals surface area contributed by atoms with Crippen molar-refractivity contribution in [1.82, 2.24) is 4.98 Å². The maximum atomic E-state index is 6.12. The van der Waals surface area contributed by atoms with E-state index in [2.05, 4.69) is 4.98 Å². The Morgan fingerprint density at radius 2 is 1.87 bits per heavy atom. The quantitative estimate of drug-likeness (QED) is 0.720. The molecule has 0 radical (unpaired) electrons. The summed E-state index contributed by atoms with van der Waals surface area (Å²) in [5.41, 5.74) is 1.59. The van der Waals surface area contributed by atoms with Gasteiger partial charge in [0.25, 0.3) is 0 Å². The number of halogens is 3. The number of aromatic nitrogens is 1. The molecule has 4 heteroatoms. The van der Waals surface area contributed by atoms with E-state index in [4.69, 9.17) is 34.8 Å². The Balaban J connectivity index is 2.86. The molecule has 78 valence electrons. The summed E-state index contributed by atoms with van der Waals surface area (Å²) < 4.78 is 0. The molecule has 1 heterocycles. The van der Waals surface area contributed by atoms with E-state index >= 15 is 0 Å². The van der Waals surface area contributed by atoms with Gasteiger partial charge in [0.15, 0.2) is 0 Å². The lowest BCUT2D eigenvalue weighted by molar-refractivity contribution is 1.06. The minimum absolute atomic E-state index is 0.464. The largest absolute Gasteiger partial charge is 0.251 e. The van der Waals surface area contributed by atoms with Crippen LogP contribution in [0.4, 0.5) is 0 Å². The second kappa shape index (κ2) is 4.17. The third kappa shape index (κ3) is 1.92. The number of nitrogens with zero attached hydrogens (tertiary/aromatic N) is 1. The lowest BCUT2D eigenvalue weighted by Gasteiger charge is -2.06. The van der Waals surface area contributed by atoms with Crippen molar-refractivity contribution in [2.45, 2.75) is 13.3 Å². The van der Waals surface area contributed by atoms with Gasteiger partial charge in [-0.3, -0.25) is 4.98 Å². The SMILES string of the molecule is CCc1cc(Cl)c2ccc(Cl)c(Cl)c2n1. The van der Waals surface area contributed by atoms with Gasteiger partial charge in [-0.2, -0.15) is 0 Å². The maximum absolute atomic E-state index is 6.12. The highest BCUT2D eigenvalue weighted by atomic mass is 35.5. The third-order valence-electron chi connectivity index (χ3n) is 2.24. The Bertz CT molecular complexity index is 523. The fraction of sp³-hybridized carbons (Fsp3) is 0.182. The highest BCUT2D eigenvalue weighted by Gasteiger charge is 2.09. The first-order valence-electron chi connectivity index (χ1n) is 4.56. The number of hydrogen-bond donors (Lipinski definition) is 0. The van der Waals surface area contributed by atoms with Crippen LogP contribution < -0.4 is 0 Å². The Kier molecular flexibility index (Phi) is 3.06. The normalized spacial score (nSPS) is 10.9. The van der Waals surface area contributed by atoms with Gasteiger partial charge in [0.2, 0.25) is 0 Å². The minimum atomic E-state index is 0.464. The van der Waals surface area contributed by atoms with Crippen LogP contribution in [0.3, 0.4) is 0 Å². The number of fused-ring (bicyclic) bond motifs is 1. The topological polar surface area (TPSA) is 12.9 Å². The second-order valence-electron chi connectivity index (χ2n) is 3.21. The summed E-state index contributed by atoms with van der Waals surface area (Å²) in [6, 6.07) is 5.41. The number of rotatable bonds is 1. The maximum Gasteiger partial charge on any atom is 0.0921 e. The molecule has 15 heavy (non-hydrogen) atoms. The van der Waals surface area contributed by atoms with Crippen LogP contribution in [-0.2, 0) is 6.42 Å². The first kappa shape index (κ1) is 11.0. The Morgan fingerprint density at radius 1 is 1.13 bits per heavy atom.